The third kappa shape index (κ3) is 5.36. The molecule has 1 amide bonds. The first-order valence-electron chi connectivity index (χ1n) is 6.08. The monoisotopic (exact) mass is 235 g/mol. The van der Waals surface area contributed by atoms with Crippen molar-refractivity contribution in [2.24, 2.45) is 5.73 Å². The minimum absolute atomic E-state index is 0.0381. The standard InChI is InChI=1S/C13H21N3O/c14-9-3-1-2-4-10-16-13(17)11-5-7-12(15)8-6-11/h5-8H,1-4,9-10,14-15H2,(H,16,17). The summed E-state index contributed by atoms with van der Waals surface area (Å²) in [5, 5.41) is 2.88. The van der Waals surface area contributed by atoms with Crippen LogP contribution in [0.1, 0.15) is 36.0 Å². The van der Waals surface area contributed by atoms with Gasteiger partial charge in [0, 0.05) is 17.8 Å². The minimum atomic E-state index is -0.0381. The molecule has 0 bridgehead atoms. The van der Waals surface area contributed by atoms with Crippen LogP contribution in [-0.2, 0) is 0 Å². The zero-order chi connectivity index (χ0) is 12.5. The molecule has 0 unspecified atom stereocenters. The predicted molar refractivity (Wildman–Crippen MR) is 70.7 cm³/mol. The summed E-state index contributed by atoms with van der Waals surface area (Å²) in [5.74, 6) is -0.0381. The van der Waals surface area contributed by atoms with Crippen LogP contribution in [0.5, 0.6) is 0 Å². The fourth-order valence-corrected chi connectivity index (χ4v) is 1.56. The zero-order valence-corrected chi connectivity index (χ0v) is 10.1. The van der Waals surface area contributed by atoms with Crippen LogP contribution in [0.3, 0.4) is 0 Å². The minimum Gasteiger partial charge on any atom is -0.399 e. The summed E-state index contributed by atoms with van der Waals surface area (Å²) in [4.78, 5) is 11.7. The molecule has 0 aliphatic heterocycles. The van der Waals surface area contributed by atoms with Gasteiger partial charge in [-0.05, 0) is 43.7 Å². The normalized spacial score (nSPS) is 10.2. The molecule has 1 aromatic rings. The number of hydrogen-bond acceptors (Lipinski definition) is 3. The molecule has 0 saturated heterocycles. The first kappa shape index (κ1) is 13.5. The molecule has 1 aromatic carbocycles. The van der Waals surface area contributed by atoms with Crippen LogP contribution >= 0.6 is 0 Å². The molecular weight excluding hydrogens is 214 g/mol. The quantitative estimate of drug-likeness (QED) is 0.495. The van der Waals surface area contributed by atoms with Crippen molar-refractivity contribution in [1.82, 2.24) is 5.32 Å². The van der Waals surface area contributed by atoms with E-state index in [4.69, 9.17) is 11.5 Å². The van der Waals surface area contributed by atoms with E-state index >= 15 is 0 Å². The van der Waals surface area contributed by atoms with Crippen LogP contribution in [0.4, 0.5) is 5.69 Å². The van der Waals surface area contributed by atoms with Crippen molar-refractivity contribution in [3.05, 3.63) is 29.8 Å². The molecule has 0 spiro atoms. The molecule has 94 valence electrons. The van der Waals surface area contributed by atoms with Gasteiger partial charge in [-0.3, -0.25) is 4.79 Å². The first-order chi connectivity index (χ1) is 8.24. The Hall–Kier alpha value is -1.55. The maximum Gasteiger partial charge on any atom is 0.251 e. The van der Waals surface area contributed by atoms with E-state index in [0.29, 0.717) is 17.8 Å². The van der Waals surface area contributed by atoms with E-state index in [1.807, 2.05) is 0 Å². The second kappa shape index (κ2) is 7.68. The molecule has 4 nitrogen and oxygen atoms in total. The number of rotatable bonds is 7. The fraction of sp³-hybridized carbons (Fsp3) is 0.462. The molecule has 0 heterocycles. The average Bonchev–Trinajstić information content (AvgIpc) is 2.34. The third-order valence-electron chi connectivity index (χ3n) is 2.59. The number of nitrogen functional groups attached to an aromatic ring is 1. The third-order valence-corrected chi connectivity index (χ3v) is 2.59. The maximum absolute atomic E-state index is 11.7. The number of nitrogens with two attached hydrogens (primary N) is 2. The molecule has 0 radical (unpaired) electrons. The van der Waals surface area contributed by atoms with Crippen LogP contribution in [0.15, 0.2) is 24.3 Å². The largest absolute Gasteiger partial charge is 0.399 e. The Morgan fingerprint density at radius 1 is 1.06 bits per heavy atom. The van der Waals surface area contributed by atoms with Crippen LogP contribution in [0, 0.1) is 0 Å². The Morgan fingerprint density at radius 2 is 1.71 bits per heavy atom. The second-order valence-corrected chi connectivity index (χ2v) is 4.08. The lowest BCUT2D eigenvalue weighted by molar-refractivity contribution is 0.0953. The number of anilines is 1. The first-order valence-corrected chi connectivity index (χ1v) is 6.08. The summed E-state index contributed by atoms with van der Waals surface area (Å²) in [6.07, 6.45) is 4.31. The van der Waals surface area contributed by atoms with Crippen molar-refractivity contribution >= 4 is 11.6 Å². The highest BCUT2D eigenvalue weighted by Crippen LogP contribution is 2.05. The molecule has 0 atom stereocenters. The Bertz CT molecular complexity index is 335. The van der Waals surface area contributed by atoms with E-state index in [2.05, 4.69) is 5.32 Å². The van der Waals surface area contributed by atoms with Crippen molar-refractivity contribution in [1.29, 1.82) is 0 Å². The Kier molecular flexibility index (Phi) is 6.10. The number of hydrogen-bond donors (Lipinski definition) is 3. The number of carbonyl (C=O) groups excluding carboxylic acids is 1. The second-order valence-electron chi connectivity index (χ2n) is 4.08. The van der Waals surface area contributed by atoms with Gasteiger partial charge in [0.1, 0.15) is 0 Å². The van der Waals surface area contributed by atoms with Gasteiger partial charge in [0.25, 0.3) is 5.91 Å². The molecule has 1 rings (SSSR count). The molecule has 4 heteroatoms. The summed E-state index contributed by atoms with van der Waals surface area (Å²) >= 11 is 0. The topological polar surface area (TPSA) is 81.1 Å². The average molecular weight is 235 g/mol. The van der Waals surface area contributed by atoms with Gasteiger partial charge in [0.05, 0.1) is 0 Å². The SMILES string of the molecule is NCCCCCCNC(=O)c1ccc(N)cc1. The van der Waals surface area contributed by atoms with E-state index in [1.54, 1.807) is 24.3 Å². The molecule has 0 aromatic heterocycles. The number of unbranched alkanes of at least 4 members (excludes halogenated alkanes) is 3. The van der Waals surface area contributed by atoms with Crippen LogP contribution < -0.4 is 16.8 Å². The fourth-order valence-electron chi connectivity index (χ4n) is 1.56. The zero-order valence-electron chi connectivity index (χ0n) is 10.1. The van der Waals surface area contributed by atoms with Crippen molar-refractivity contribution in [2.75, 3.05) is 18.8 Å². The molecule has 0 fully saturated rings. The van der Waals surface area contributed by atoms with Crippen molar-refractivity contribution in [2.45, 2.75) is 25.7 Å². The van der Waals surface area contributed by atoms with E-state index in [0.717, 1.165) is 32.2 Å². The predicted octanol–water partition coefficient (Wildman–Crippen LogP) is 1.52. The lowest BCUT2D eigenvalue weighted by Crippen LogP contribution is -2.24. The summed E-state index contributed by atoms with van der Waals surface area (Å²) in [7, 11) is 0. The van der Waals surface area contributed by atoms with E-state index < -0.39 is 0 Å². The van der Waals surface area contributed by atoms with Gasteiger partial charge >= 0.3 is 0 Å². The van der Waals surface area contributed by atoms with Gasteiger partial charge in [-0.2, -0.15) is 0 Å². The molecule has 0 saturated carbocycles. The van der Waals surface area contributed by atoms with Gasteiger partial charge in [-0.1, -0.05) is 12.8 Å². The van der Waals surface area contributed by atoms with E-state index in [9.17, 15) is 4.79 Å². The van der Waals surface area contributed by atoms with Crippen molar-refractivity contribution in [3.63, 3.8) is 0 Å². The number of carbonyl (C=O) groups is 1. The molecule has 17 heavy (non-hydrogen) atoms. The van der Waals surface area contributed by atoms with E-state index in [-0.39, 0.29) is 5.91 Å². The lowest BCUT2D eigenvalue weighted by atomic mass is 10.1. The van der Waals surface area contributed by atoms with Crippen LogP contribution in [0.2, 0.25) is 0 Å². The Balaban J connectivity index is 2.19. The van der Waals surface area contributed by atoms with Crippen molar-refractivity contribution in [3.8, 4) is 0 Å². The van der Waals surface area contributed by atoms with Gasteiger partial charge in [0.2, 0.25) is 0 Å². The number of amides is 1. The Labute approximate surface area is 102 Å². The maximum atomic E-state index is 11.7. The molecular formula is C13H21N3O. The molecule has 0 aliphatic rings. The highest BCUT2D eigenvalue weighted by molar-refractivity contribution is 5.94. The molecule has 5 N–H and O–H groups in total. The van der Waals surface area contributed by atoms with Gasteiger partial charge < -0.3 is 16.8 Å². The number of benzene rings is 1. The lowest BCUT2D eigenvalue weighted by Gasteiger charge is -2.05. The van der Waals surface area contributed by atoms with Crippen LogP contribution in [-0.4, -0.2) is 19.0 Å². The van der Waals surface area contributed by atoms with E-state index in [1.165, 1.54) is 0 Å². The Morgan fingerprint density at radius 3 is 2.35 bits per heavy atom. The summed E-state index contributed by atoms with van der Waals surface area (Å²) in [6, 6.07) is 6.94. The van der Waals surface area contributed by atoms with Crippen molar-refractivity contribution < 1.29 is 4.79 Å². The molecule has 0 aliphatic carbocycles. The van der Waals surface area contributed by atoms with Gasteiger partial charge in [0.15, 0.2) is 0 Å². The van der Waals surface area contributed by atoms with Gasteiger partial charge in [-0.15, -0.1) is 0 Å². The summed E-state index contributed by atoms with van der Waals surface area (Å²) in [5.41, 5.74) is 12.3. The highest BCUT2D eigenvalue weighted by atomic mass is 16.1. The highest BCUT2D eigenvalue weighted by Gasteiger charge is 2.03. The summed E-state index contributed by atoms with van der Waals surface area (Å²) in [6.45, 7) is 1.46. The summed E-state index contributed by atoms with van der Waals surface area (Å²) < 4.78 is 0. The van der Waals surface area contributed by atoms with Gasteiger partial charge in [-0.25, -0.2) is 0 Å². The number of nitrogens with one attached hydrogen (secondary N) is 1. The van der Waals surface area contributed by atoms with Crippen LogP contribution in [0.25, 0.3) is 0 Å². The smallest absolute Gasteiger partial charge is 0.251 e.